The van der Waals surface area contributed by atoms with Crippen molar-refractivity contribution in [3.63, 3.8) is 0 Å². The normalized spacial score (nSPS) is 22.2. The standard InChI is InChI=1S/C19H16O4/c1-23-19(22)18(21)16-14(12-8-4-2-5-9-12)15(16)17(20)13-10-6-3-7-11-13/h2-11,14-16H,1H3/t14-,15-,16+/m1/s1. The second-order valence-corrected chi connectivity index (χ2v) is 5.57. The number of hydrogen-bond donors (Lipinski definition) is 0. The number of rotatable bonds is 5. The topological polar surface area (TPSA) is 60.4 Å². The van der Waals surface area contributed by atoms with E-state index in [1.807, 2.05) is 36.4 Å². The van der Waals surface area contributed by atoms with Gasteiger partial charge in [-0.3, -0.25) is 9.59 Å². The molecule has 3 rings (SSSR count). The highest BCUT2D eigenvalue weighted by Crippen LogP contribution is 2.56. The molecule has 0 aliphatic heterocycles. The van der Waals surface area contributed by atoms with Crippen LogP contribution in [-0.2, 0) is 14.3 Å². The van der Waals surface area contributed by atoms with Crippen LogP contribution in [0.25, 0.3) is 0 Å². The van der Waals surface area contributed by atoms with Crippen LogP contribution in [-0.4, -0.2) is 24.6 Å². The molecule has 0 unspecified atom stereocenters. The minimum atomic E-state index is -0.890. The predicted molar refractivity (Wildman–Crippen MR) is 84.0 cm³/mol. The summed E-state index contributed by atoms with van der Waals surface area (Å²) in [5, 5.41) is 0. The zero-order valence-corrected chi connectivity index (χ0v) is 12.6. The van der Waals surface area contributed by atoms with E-state index in [0.29, 0.717) is 5.56 Å². The van der Waals surface area contributed by atoms with E-state index < -0.39 is 23.6 Å². The van der Waals surface area contributed by atoms with E-state index in [0.717, 1.165) is 5.56 Å². The van der Waals surface area contributed by atoms with Gasteiger partial charge in [0.25, 0.3) is 0 Å². The van der Waals surface area contributed by atoms with Crippen LogP contribution in [0.4, 0.5) is 0 Å². The van der Waals surface area contributed by atoms with Gasteiger partial charge < -0.3 is 4.74 Å². The third-order valence-corrected chi connectivity index (χ3v) is 4.25. The molecule has 0 radical (unpaired) electrons. The Hall–Kier alpha value is -2.75. The molecule has 116 valence electrons. The molecule has 3 atom stereocenters. The number of carbonyl (C=O) groups excluding carboxylic acids is 3. The number of ether oxygens (including phenoxy) is 1. The fourth-order valence-electron chi connectivity index (χ4n) is 3.08. The van der Waals surface area contributed by atoms with E-state index in [1.165, 1.54) is 7.11 Å². The third-order valence-electron chi connectivity index (χ3n) is 4.25. The first kappa shape index (κ1) is 15.2. The summed E-state index contributed by atoms with van der Waals surface area (Å²) in [6, 6.07) is 18.2. The van der Waals surface area contributed by atoms with Gasteiger partial charge in [0.05, 0.1) is 7.11 Å². The summed E-state index contributed by atoms with van der Waals surface area (Å²) in [6.45, 7) is 0. The first-order valence-electron chi connectivity index (χ1n) is 7.41. The summed E-state index contributed by atoms with van der Waals surface area (Å²) in [7, 11) is 1.17. The summed E-state index contributed by atoms with van der Waals surface area (Å²) in [5.74, 6) is -3.05. The van der Waals surface area contributed by atoms with Crippen molar-refractivity contribution in [2.75, 3.05) is 7.11 Å². The molecule has 1 aliphatic carbocycles. The van der Waals surface area contributed by atoms with Gasteiger partial charge in [0.2, 0.25) is 5.78 Å². The molecular weight excluding hydrogens is 292 g/mol. The molecule has 2 aromatic carbocycles. The van der Waals surface area contributed by atoms with Crippen LogP contribution in [0.2, 0.25) is 0 Å². The van der Waals surface area contributed by atoms with Gasteiger partial charge in [-0.25, -0.2) is 4.79 Å². The SMILES string of the molecule is COC(=O)C(=O)[C@@H]1[C@H](C(=O)c2ccccc2)[C@H]1c1ccccc1. The zero-order chi connectivity index (χ0) is 16.4. The van der Waals surface area contributed by atoms with E-state index in [-0.39, 0.29) is 11.7 Å². The monoisotopic (exact) mass is 308 g/mol. The van der Waals surface area contributed by atoms with Crippen LogP contribution in [0.3, 0.4) is 0 Å². The van der Waals surface area contributed by atoms with Crippen molar-refractivity contribution in [2.45, 2.75) is 5.92 Å². The van der Waals surface area contributed by atoms with Gasteiger partial charge in [-0.2, -0.15) is 0 Å². The Morgan fingerprint density at radius 3 is 1.96 bits per heavy atom. The lowest BCUT2D eigenvalue weighted by atomic mass is 10.0. The van der Waals surface area contributed by atoms with Crippen LogP contribution >= 0.6 is 0 Å². The average molecular weight is 308 g/mol. The fraction of sp³-hybridized carbons (Fsp3) is 0.211. The van der Waals surface area contributed by atoms with Crippen molar-refractivity contribution in [1.29, 1.82) is 0 Å². The molecule has 0 spiro atoms. The highest BCUT2D eigenvalue weighted by Gasteiger charge is 2.60. The van der Waals surface area contributed by atoms with E-state index in [9.17, 15) is 14.4 Å². The van der Waals surface area contributed by atoms with E-state index in [2.05, 4.69) is 4.74 Å². The number of esters is 1. The molecule has 0 amide bonds. The van der Waals surface area contributed by atoms with Crippen LogP contribution < -0.4 is 0 Å². The molecule has 0 bridgehead atoms. The van der Waals surface area contributed by atoms with Crippen LogP contribution in [0.15, 0.2) is 60.7 Å². The second-order valence-electron chi connectivity index (χ2n) is 5.57. The minimum Gasteiger partial charge on any atom is -0.463 e. The number of methoxy groups -OCH3 is 1. The highest BCUT2D eigenvalue weighted by atomic mass is 16.5. The lowest BCUT2D eigenvalue weighted by Gasteiger charge is -2.00. The molecule has 0 saturated heterocycles. The molecule has 1 fully saturated rings. The molecular formula is C19H16O4. The average Bonchev–Trinajstić information content (AvgIpc) is 3.36. The van der Waals surface area contributed by atoms with Gasteiger partial charge in [-0.15, -0.1) is 0 Å². The van der Waals surface area contributed by atoms with E-state index >= 15 is 0 Å². The van der Waals surface area contributed by atoms with Gasteiger partial charge in [0.1, 0.15) is 0 Å². The van der Waals surface area contributed by atoms with Gasteiger partial charge in [0.15, 0.2) is 5.78 Å². The number of Topliss-reactive ketones (excluding diaryl/α,β-unsaturated/α-hetero) is 2. The number of hydrogen-bond acceptors (Lipinski definition) is 4. The molecule has 0 aromatic heterocycles. The summed E-state index contributed by atoms with van der Waals surface area (Å²) < 4.78 is 4.53. The number of benzene rings is 2. The Morgan fingerprint density at radius 1 is 0.826 bits per heavy atom. The molecule has 4 nitrogen and oxygen atoms in total. The maximum Gasteiger partial charge on any atom is 0.374 e. The van der Waals surface area contributed by atoms with Crippen molar-refractivity contribution in [1.82, 2.24) is 0 Å². The zero-order valence-electron chi connectivity index (χ0n) is 12.6. The van der Waals surface area contributed by atoms with Crippen molar-refractivity contribution >= 4 is 17.5 Å². The fourth-order valence-corrected chi connectivity index (χ4v) is 3.08. The van der Waals surface area contributed by atoms with Gasteiger partial charge in [-0.05, 0) is 5.56 Å². The van der Waals surface area contributed by atoms with Crippen LogP contribution in [0.5, 0.6) is 0 Å². The summed E-state index contributed by atoms with van der Waals surface area (Å²) in [4.78, 5) is 36.5. The Balaban J connectivity index is 1.92. The Kier molecular flexibility index (Phi) is 4.06. The van der Waals surface area contributed by atoms with Crippen molar-refractivity contribution in [3.05, 3.63) is 71.8 Å². The number of ketones is 2. The summed E-state index contributed by atoms with van der Waals surface area (Å²) in [6.07, 6.45) is 0. The molecule has 4 heteroatoms. The van der Waals surface area contributed by atoms with E-state index in [1.54, 1.807) is 24.3 Å². The lowest BCUT2D eigenvalue weighted by Crippen LogP contribution is -2.20. The highest BCUT2D eigenvalue weighted by molar-refractivity contribution is 6.36. The molecule has 0 heterocycles. The minimum absolute atomic E-state index is 0.110. The quantitative estimate of drug-likeness (QED) is 0.484. The summed E-state index contributed by atoms with van der Waals surface area (Å²) >= 11 is 0. The van der Waals surface area contributed by atoms with Crippen LogP contribution in [0.1, 0.15) is 21.8 Å². The van der Waals surface area contributed by atoms with Crippen LogP contribution in [0, 0.1) is 11.8 Å². The smallest absolute Gasteiger partial charge is 0.374 e. The van der Waals surface area contributed by atoms with Crippen molar-refractivity contribution < 1.29 is 19.1 Å². The van der Waals surface area contributed by atoms with Gasteiger partial charge >= 0.3 is 5.97 Å². The maximum absolute atomic E-state index is 12.7. The van der Waals surface area contributed by atoms with Gasteiger partial charge in [-0.1, -0.05) is 60.7 Å². The second kappa shape index (κ2) is 6.16. The van der Waals surface area contributed by atoms with E-state index in [4.69, 9.17) is 0 Å². The molecule has 23 heavy (non-hydrogen) atoms. The Morgan fingerprint density at radius 2 is 1.39 bits per heavy atom. The Labute approximate surface area is 134 Å². The van der Waals surface area contributed by atoms with Crippen molar-refractivity contribution in [3.8, 4) is 0 Å². The molecule has 0 N–H and O–H groups in total. The molecule has 2 aromatic rings. The first-order valence-corrected chi connectivity index (χ1v) is 7.41. The third kappa shape index (κ3) is 2.80. The van der Waals surface area contributed by atoms with Crippen molar-refractivity contribution in [2.24, 2.45) is 11.8 Å². The number of carbonyl (C=O) groups is 3. The summed E-state index contributed by atoms with van der Waals surface area (Å²) in [5.41, 5.74) is 1.45. The first-order chi connectivity index (χ1) is 11.1. The van der Waals surface area contributed by atoms with Gasteiger partial charge in [0, 0.05) is 23.3 Å². The lowest BCUT2D eigenvalue weighted by molar-refractivity contribution is -0.152. The largest absolute Gasteiger partial charge is 0.463 e. The molecule has 1 saturated carbocycles. The Bertz CT molecular complexity index is 736. The maximum atomic E-state index is 12.7. The molecule has 1 aliphatic rings. The predicted octanol–water partition coefficient (Wildman–Crippen LogP) is 2.64.